The van der Waals surface area contributed by atoms with E-state index in [0.717, 1.165) is 0 Å². The lowest BCUT2D eigenvalue weighted by Crippen LogP contribution is -2.23. The fraction of sp³-hybridized carbons (Fsp3) is 0.0714. The maximum absolute atomic E-state index is 13.3. The van der Waals surface area contributed by atoms with Crippen LogP contribution in [0.3, 0.4) is 0 Å². The molecule has 1 heterocycles. The summed E-state index contributed by atoms with van der Waals surface area (Å²) >= 11 is 0. The molecule has 0 unspecified atom stereocenters. The number of carbonyl (C=O) groups excluding carboxylic acids is 1. The summed E-state index contributed by atoms with van der Waals surface area (Å²) in [6.45, 7) is 0.103. The van der Waals surface area contributed by atoms with Gasteiger partial charge in [0.2, 0.25) is 0 Å². The van der Waals surface area contributed by atoms with Crippen LogP contribution < -0.4 is 5.32 Å². The van der Waals surface area contributed by atoms with Crippen LogP contribution in [0.4, 0.5) is 4.39 Å². The van der Waals surface area contributed by atoms with Crippen LogP contribution in [0.2, 0.25) is 0 Å². The van der Waals surface area contributed by atoms with Gasteiger partial charge in [0.05, 0.1) is 5.56 Å². The highest BCUT2D eigenvalue weighted by atomic mass is 19.1. The normalized spacial score (nSPS) is 9.68. The van der Waals surface area contributed by atoms with Gasteiger partial charge in [-0.05, 0) is 18.2 Å². The fourth-order valence-corrected chi connectivity index (χ4v) is 1.51. The minimum atomic E-state index is -0.361. The Morgan fingerprint density at radius 3 is 2.74 bits per heavy atom. The number of nitrogens with one attached hydrogen (secondary N) is 1. The van der Waals surface area contributed by atoms with Gasteiger partial charge >= 0.3 is 0 Å². The van der Waals surface area contributed by atoms with Crippen LogP contribution in [-0.4, -0.2) is 10.9 Å². The van der Waals surface area contributed by atoms with Crippen LogP contribution in [0.15, 0.2) is 42.6 Å². The van der Waals surface area contributed by atoms with Gasteiger partial charge in [0.1, 0.15) is 17.6 Å². The number of hydrogen-bond donors (Lipinski definition) is 1. The zero-order valence-electron chi connectivity index (χ0n) is 9.93. The Balaban J connectivity index is 2.02. The number of nitrogens with zero attached hydrogens (tertiary/aromatic N) is 2. The number of nitriles is 1. The summed E-state index contributed by atoms with van der Waals surface area (Å²) in [4.78, 5) is 15.6. The molecule has 2 rings (SSSR count). The highest BCUT2D eigenvalue weighted by Crippen LogP contribution is 2.06. The maximum Gasteiger partial charge on any atom is 0.253 e. The number of halogens is 1. The van der Waals surface area contributed by atoms with Gasteiger partial charge in [0.25, 0.3) is 5.91 Å². The van der Waals surface area contributed by atoms with E-state index in [0.29, 0.717) is 11.1 Å². The number of pyridine rings is 1. The second-order valence-corrected chi connectivity index (χ2v) is 3.82. The van der Waals surface area contributed by atoms with Gasteiger partial charge in [-0.2, -0.15) is 5.26 Å². The predicted octanol–water partition coefficient (Wildman–Crippen LogP) is 2.02. The monoisotopic (exact) mass is 255 g/mol. The summed E-state index contributed by atoms with van der Waals surface area (Å²) in [6, 6.07) is 11.1. The molecule has 1 aromatic carbocycles. The van der Waals surface area contributed by atoms with E-state index < -0.39 is 0 Å². The first-order valence-electron chi connectivity index (χ1n) is 5.58. The minimum Gasteiger partial charge on any atom is -0.348 e. The average molecular weight is 255 g/mol. The standard InChI is InChI=1S/C14H10FN3O/c15-13-4-2-1-3-10(13)8-18-14(19)11-5-6-12(7-16)17-9-11/h1-6,9H,8H2,(H,18,19). The van der Waals surface area contributed by atoms with Crippen molar-refractivity contribution in [3.05, 3.63) is 65.2 Å². The summed E-state index contributed by atoms with van der Waals surface area (Å²) in [7, 11) is 0. The largest absolute Gasteiger partial charge is 0.348 e. The topological polar surface area (TPSA) is 65.8 Å². The molecule has 0 aliphatic carbocycles. The molecule has 0 aliphatic heterocycles. The van der Waals surface area contributed by atoms with Crippen molar-refractivity contribution in [2.24, 2.45) is 0 Å². The van der Waals surface area contributed by atoms with E-state index in [4.69, 9.17) is 5.26 Å². The van der Waals surface area contributed by atoms with Crippen molar-refractivity contribution in [3.63, 3.8) is 0 Å². The molecule has 0 fully saturated rings. The number of rotatable bonds is 3. The van der Waals surface area contributed by atoms with Crippen molar-refractivity contribution in [2.45, 2.75) is 6.54 Å². The third kappa shape index (κ3) is 3.13. The molecule has 1 N–H and O–H groups in total. The molecule has 0 radical (unpaired) electrons. The predicted molar refractivity (Wildman–Crippen MR) is 66.5 cm³/mol. The van der Waals surface area contributed by atoms with E-state index in [2.05, 4.69) is 10.3 Å². The molecule has 19 heavy (non-hydrogen) atoms. The quantitative estimate of drug-likeness (QED) is 0.912. The van der Waals surface area contributed by atoms with Crippen molar-refractivity contribution >= 4 is 5.91 Å². The highest BCUT2D eigenvalue weighted by Gasteiger charge is 2.07. The summed E-state index contributed by atoms with van der Waals surface area (Å²) in [5.41, 5.74) is 0.985. The molecule has 5 heteroatoms. The SMILES string of the molecule is N#Cc1ccc(C(=O)NCc2ccccc2F)cn1. The number of hydrogen-bond acceptors (Lipinski definition) is 3. The number of carbonyl (C=O) groups is 1. The van der Waals surface area contributed by atoms with Crippen LogP contribution in [0.1, 0.15) is 21.6 Å². The van der Waals surface area contributed by atoms with Gasteiger partial charge in [-0.1, -0.05) is 18.2 Å². The van der Waals surface area contributed by atoms with Gasteiger partial charge in [0.15, 0.2) is 0 Å². The zero-order chi connectivity index (χ0) is 13.7. The Hall–Kier alpha value is -2.74. The Bertz CT molecular complexity index is 632. The van der Waals surface area contributed by atoms with Crippen LogP contribution in [0.25, 0.3) is 0 Å². The van der Waals surface area contributed by atoms with Gasteiger partial charge < -0.3 is 5.32 Å². The summed E-state index contributed by atoms with van der Waals surface area (Å²) in [6.07, 6.45) is 1.31. The van der Waals surface area contributed by atoms with E-state index in [1.807, 2.05) is 6.07 Å². The molecule has 0 spiro atoms. The molecule has 1 aromatic heterocycles. The lowest BCUT2D eigenvalue weighted by molar-refractivity contribution is 0.0950. The molecular weight excluding hydrogens is 245 g/mol. The van der Waals surface area contributed by atoms with Gasteiger partial charge in [-0.15, -0.1) is 0 Å². The average Bonchev–Trinajstić information content (AvgIpc) is 2.46. The van der Waals surface area contributed by atoms with E-state index in [-0.39, 0.29) is 24.0 Å². The van der Waals surface area contributed by atoms with Crippen molar-refractivity contribution in [1.29, 1.82) is 5.26 Å². The zero-order valence-corrected chi connectivity index (χ0v) is 9.93. The second kappa shape index (κ2) is 5.74. The third-order valence-electron chi connectivity index (χ3n) is 2.54. The lowest BCUT2D eigenvalue weighted by atomic mass is 10.2. The Labute approximate surface area is 109 Å². The van der Waals surface area contributed by atoms with E-state index in [9.17, 15) is 9.18 Å². The van der Waals surface area contributed by atoms with E-state index >= 15 is 0 Å². The molecule has 1 amide bonds. The highest BCUT2D eigenvalue weighted by molar-refractivity contribution is 5.93. The van der Waals surface area contributed by atoms with Gasteiger partial charge in [-0.3, -0.25) is 4.79 Å². The molecule has 2 aromatic rings. The summed E-state index contributed by atoms with van der Waals surface area (Å²) < 4.78 is 13.3. The van der Waals surface area contributed by atoms with Crippen LogP contribution in [0, 0.1) is 17.1 Å². The molecule has 0 saturated heterocycles. The fourth-order valence-electron chi connectivity index (χ4n) is 1.51. The molecule has 0 bridgehead atoms. The molecule has 94 valence electrons. The second-order valence-electron chi connectivity index (χ2n) is 3.82. The molecule has 0 saturated carbocycles. The summed E-state index contributed by atoms with van der Waals surface area (Å²) in [5.74, 6) is -0.721. The van der Waals surface area contributed by atoms with E-state index in [1.54, 1.807) is 18.2 Å². The van der Waals surface area contributed by atoms with Gasteiger partial charge in [0, 0.05) is 18.3 Å². The smallest absolute Gasteiger partial charge is 0.253 e. The lowest BCUT2D eigenvalue weighted by Gasteiger charge is -2.06. The van der Waals surface area contributed by atoms with Crippen molar-refractivity contribution in [3.8, 4) is 6.07 Å². The Morgan fingerprint density at radius 2 is 2.11 bits per heavy atom. The summed E-state index contributed by atoms with van der Waals surface area (Å²) in [5, 5.41) is 11.2. The first-order chi connectivity index (χ1) is 9.20. The van der Waals surface area contributed by atoms with Crippen molar-refractivity contribution < 1.29 is 9.18 Å². The molecule has 0 aliphatic rings. The van der Waals surface area contributed by atoms with Crippen LogP contribution >= 0.6 is 0 Å². The maximum atomic E-state index is 13.3. The number of amides is 1. The van der Waals surface area contributed by atoms with Crippen LogP contribution in [-0.2, 0) is 6.54 Å². The minimum absolute atomic E-state index is 0.103. The number of benzene rings is 1. The first-order valence-corrected chi connectivity index (χ1v) is 5.58. The van der Waals surface area contributed by atoms with E-state index in [1.165, 1.54) is 24.4 Å². The Morgan fingerprint density at radius 1 is 1.32 bits per heavy atom. The first kappa shape index (κ1) is 12.7. The number of aromatic nitrogens is 1. The van der Waals surface area contributed by atoms with Crippen molar-refractivity contribution in [1.82, 2.24) is 10.3 Å². The third-order valence-corrected chi connectivity index (χ3v) is 2.54. The molecular formula is C14H10FN3O. The van der Waals surface area contributed by atoms with Crippen molar-refractivity contribution in [2.75, 3.05) is 0 Å². The van der Waals surface area contributed by atoms with Crippen LogP contribution in [0.5, 0.6) is 0 Å². The molecule has 4 nitrogen and oxygen atoms in total. The van der Waals surface area contributed by atoms with Gasteiger partial charge in [-0.25, -0.2) is 9.37 Å². The molecule has 0 atom stereocenters. The Kier molecular flexibility index (Phi) is 3.84.